The Kier molecular flexibility index (Phi) is 7.18. The van der Waals surface area contributed by atoms with Crippen LogP contribution in [0, 0.1) is 0 Å². The molecule has 6 heteroatoms. The van der Waals surface area contributed by atoms with Crippen LogP contribution in [0.15, 0.2) is 36.4 Å². The van der Waals surface area contributed by atoms with Gasteiger partial charge in [-0.2, -0.15) is 0 Å². The van der Waals surface area contributed by atoms with Crippen LogP contribution in [0.3, 0.4) is 0 Å². The van der Waals surface area contributed by atoms with Gasteiger partial charge in [-0.1, -0.05) is 43.2 Å². The number of rotatable bonds is 5. The van der Waals surface area contributed by atoms with E-state index in [2.05, 4.69) is 16.3 Å². The number of hydrogen-bond acceptors (Lipinski definition) is 4. The maximum Gasteiger partial charge on any atom is 0.264 e. The van der Waals surface area contributed by atoms with E-state index in [4.69, 9.17) is 0 Å². The monoisotopic (exact) mass is 425 g/mol. The molecule has 2 aromatic rings. The first kappa shape index (κ1) is 21.1. The Hall–Kier alpha value is -2.18. The highest BCUT2D eigenvalue weighted by Gasteiger charge is 2.25. The zero-order valence-electron chi connectivity index (χ0n) is 17.6. The maximum atomic E-state index is 13.0. The van der Waals surface area contributed by atoms with Crippen molar-refractivity contribution in [3.8, 4) is 0 Å². The standard InChI is InChI=1S/C24H31N3O2S/c28-23(25-17-19-8-4-3-5-9-19)18-26-12-14-27(15-13-26)24(29)22-16-20-10-6-1-2-7-11-21(20)30-22/h3-5,8-9,16H,1-2,6-7,10-15,17-18H2,(H,25,28). The van der Waals surface area contributed by atoms with Crippen LogP contribution >= 0.6 is 11.3 Å². The fourth-order valence-corrected chi connectivity index (χ4v) is 5.49. The second-order valence-corrected chi connectivity index (χ2v) is 9.44. The molecule has 0 radical (unpaired) electrons. The Labute approximate surface area is 183 Å². The summed E-state index contributed by atoms with van der Waals surface area (Å²) in [7, 11) is 0. The van der Waals surface area contributed by atoms with Crippen LogP contribution in [-0.2, 0) is 24.2 Å². The van der Waals surface area contributed by atoms with Gasteiger partial charge in [0, 0.05) is 37.6 Å². The maximum absolute atomic E-state index is 13.0. The van der Waals surface area contributed by atoms with Gasteiger partial charge in [0.15, 0.2) is 0 Å². The molecule has 1 aliphatic heterocycles. The number of carbonyl (C=O) groups is 2. The van der Waals surface area contributed by atoms with Crippen LogP contribution in [0.2, 0.25) is 0 Å². The van der Waals surface area contributed by atoms with Gasteiger partial charge in [-0.3, -0.25) is 14.5 Å². The zero-order valence-corrected chi connectivity index (χ0v) is 18.4. The smallest absolute Gasteiger partial charge is 0.264 e. The van der Waals surface area contributed by atoms with Crippen LogP contribution in [-0.4, -0.2) is 54.3 Å². The molecular weight excluding hydrogens is 394 g/mol. The van der Waals surface area contributed by atoms with E-state index in [1.54, 1.807) is 11.3 Å². The molecule has 5 nitrogen and oxygen atoms in total. The molecule has 0 unspecified atom stereocenters. The quantitative estimate of drug-likeness (QED) is 0.798. The zero-order chi connectivity index (χ0) is 20.8. The lowest BCUT2D eigenvalue weighted by molar-refractivity contribution is -0.122. The van der Waals surface area contributed by atoms with E-state index < -0.39 is 0 Å². The molecule has 0 atom stereocenters. The fourth-order valence-electron chi connectivity index (χ4n) is 4.27. The van der Waals surface area contributed by atoms with Gasteiger partial charge in [0.25, 0.3) is 5.91 Å². The fraction of sp³-hybridized carbons (Fsp3) is 0.500. The summed E-state index contributed by atoms with van der Waals surface area (Å²) >= 11 is 1.71. The molecule has 2 amide bonds. The number of amides is 2. The Bertz CT molecular complexity index is 831. The third-order valence-electron chi connectivity index (χ3n) is 6.07. The summed E-state index contributed by atoms with van der Waals surface area (Å²) in [5, 5.41) is 2.98. The van der Waals surface area contributed by atoms with Gasteiger partial charge >= 0.3 is 0 Å². The highest BCUT2D eigenvalue weighted by molar-refractivity contribution is 7.14. The van der Waals surface area contributed by atoms with Crippen molar-refractivity contribution in [2.45, 2.75) is 45.1 Å². The number of hydrogen-bond donors (Lipinski definition) is 1. The van der Waals surface area contributed by atoms with Crippen molar-refractivity contribution in [2.24, 2.45) is 0 Å². The molecule has 1 aromatic carbocycles. The topological polar surface area (TPSA) is 52.7 Å². The Morgan fingerprint density at radius 2 is 1.67 bits per heavy atom. The van der Waals surface area contributed by atoms with Gasteiger partial charge in [0.05, 0.1) is 11.4 Å². The number of nitrogens with zero attached hydrogens (tertiary/aromatic N) is 2. The summed E-state index contributed by atoms with van der Waals surface area (Å²) in [4.78, 5) is 31.7. The highest BCUT2D eigenvalue weighted by Crippen LogP contribution is 2.29. The van der Waals surface area contributed by atoms with Crippen molar-refractivity contribution >= 4 is 23.2 Å². The normalized spacial score (nSPS) is 17.7. The minimum absolute atomic E-state index is 0.0386. The van der Waals surface area contributed by atoms with Gasteiger partial charge in [0.2, 0.25) is 5.91 Å². The first-order chi connectivity index (χ1) is 14.7. The third kappa shape index (κ3) is 5.49. The molecule has 1 saturated heterocycles. The van der Waals surface area contributed by atoms with Crippen LogP contribution in [0.25, 0.3) is 0 Å². The Morgan fingerprint density at radius 1 is 0.933 bits per heavy atom. The lowest BCUT2D eigenvalue weighted by atomic mass is 10.00. The molecule has 2 heterocycles. The molecule has 0 spiro atoms. The van der Waals surface area contributed by atoms with E-state index in [0.29, 0.717) is 26.2 Å². The number of nitrogens with one attached hydrogen (secondary N) is 1. The minimum Gasteiger partial charge on any atom is -0.351 e. The Morgan fingerprint density at radius 3 is 2.43 bits per heavy atom. The molecular formula is C24H31N3O2S. The first-order valence-electron chi connectivity index (χ1n) is 11.1. The van der Waals surface area contributed by atoms with Crippen molar-refractivity contribution in [1.82, 2.24) is 15.1 Å². The predicted molar refractivity (Wildman–Crippen MR) is 121 cm³/mol. The van der Waals surface area contributed by atoms with E-state index in [-0.39, 0.29) is 11.8 Å². The summed E-state index contributed by atoms with van der Waals surface area (Å²) < 4.78 is 0. The van der Waals surface area contributed by atoms with E-state index in [1.165, 1.54) is 36.1 Å². The number of benzene rings is 1. The number of fused-ring (bicyclic) bond motifs is 1. The minimum atomic E-state index is 0.0386. The van der Waals surface area contributed by atoms with Gasteiger partial charge in [-0.05, 0) is 42.9 Å². The number of aryl methyl sites for hydroxylation is 2. The third-order valence-corrected chi connectivity index (χ3v) is 7.29. The predicted octanol–water partition coefficient (Wildman–Crippen LogP) is 3.48. The molecule has 1 fully saturated rings. The lowest BCUT2D eigenvalue weighted by Crippen LogP contribution is -2.51. The lowest BCUT2D eigenvalue weighted by Gasteiger charge is -2.34. The average Bonchev–Trinajstić information content (AvgIpc) is 3.15. The number of piperazine rings is 1. The highest BCUT2D eigenvalue weighted by atomic mass is 32.1. The van der Waals surface area contributed by atoms with Gasteiger partial charge in [0.1, 0.15) is 0 Å². The largest absolute Gasteiger partial charge is 0.351 e. The number of thiophene rings is 1. The van der Waals surface area contributed by atoms with Crippen molar-refractivity contribution in [1.29, 1.82) is 0 Å². The summed E-state index contributed by atoms with van der Waals surface area (Å²) in [6.45, 7) is 3.81. The van der Waals surface area contributed by atoms with E-state index in [9.17, 15) is 9.59 Å². The molecule has 0 bridgehead atoms. The van der Waals surface area contributed by atoms with Crippen molar-refractivity contribution in [3.05, 3.63) is 57.3 Å². The molecule has 2 aliphatic rings. The molecule has 30 heavy (non-hydrogen) atoms. The second kappa shape index (κ2) is 10.2. The van der Waals surface area contributed by atoms with Crippen LogP contribution in [0.5, 0.6) is 0 Å². The summed E-state index contributed by atoms with van der Waals surface area (Å²) in [5.41, 5.74) is 2.50. The van der Waals surface area contributed by atoms with E-state index in [1.807, 2.05) is 35.2 Å². The molecule has 1 aliphatic carbocycles. The first-order valence-corrected chi connectivity index (χ1v) is 11.9. The summed E-state index contributed by atoms with van der Waals surface area (Å²) in [6.07, 6.45) is 7.33. The SMILES string of the molecule is O=C(CN1CCN(C(=O)c2cc3c(s2)CCCCCC3)CC1)NCc1ccccc1. The van der Waals surface area contributed by atoms with Crippen molar-refractivity contribution in [3.63, 3.8) is 0 Å². The van der Waals surface area contributed by atoms with Crippen LogP contribution in [0.1, 0.15) is 51.4 Å². The molecule has 1 aromatic heterocycles. The van der Waals surface area contributed by atoms with Gasteiger partial charge in [-0.15, -0.1) is 11.3 Å². The number of carbonyl (C=O) groups excluding carboxylic acids is 2. The van der Waals surface area contributed by atoms with Crippen LogP contribution in [0.4, 0.5) is 0 Å². The molecule has 1 N–H and O–H groups in total. The molecule has 0 saturated carbocycles. The Balaban J connectivity index is 1.24. The van der Waals surface area contributed by atoms with Gasteiger partial charge in [-0.25, -0.2) is 0 Å². The van der Waals surface area contributed by atoms with E-state index >= 15 is 0 Å². The van der Waals surface area contributed by atoms with Crippen LogP contribution < -0.4 is 5.32 Å². The van der Waals surface area contributed by atoms with E-state index in [0.717, 1.165) is 36.4 Å². The van der Waals surface area contributed by atoms with Crippen molar-refractivity contribution < 1.29 is 9.59 Å². The molecule has 160 valence electrons. The summed E-state index contributed by atoms with van der Waals surface area (Å²) in [6, 6.07) is 12.1. The average molecular weight is 426 g/mol. The van der Waals surface area contributed by atoms with Gasteiger partial charge < -0.3 is 10.2 Å². The summed E-state index contributed by atoms with van der Waals surface area (Å²) in [5.74, 6) is 0.205. The molecule has 4 rings (SSSR count). The second-order valence-electron chi connectivity index (χ2n) is 8.30. The van der Waals surface area contributed by atoms with Crippen molar-refractivity contribution in [2.75, 3.05) is 32.7 Å².